The zero-order chi connectivity index (χ0) is 16.2. The molecule has 0 radical (unpaired) electrons. The van der Waals surface area contributed by atoms with Crippen LogP contribution in [0.2, 0.25) is 0 Å². The van der Waals surface area contributed by atoms with Gasteiger partial charge in [0.15, 0.2) is 0 Å². The molecule has 23 heavy (non-hydrogen) atoms. The van der Waals surface area contributed by atoms with Gasteiger partial charge in [-0.05, 0) is 19.1 Å². The number of ether oxygens (including phenoxy) is 1. The Morgan fingerprint density at radius 3 is 3.00 bits per heavy atom. The molecule has 2 heterocycles. The van der Waals surface area contributed by atoms with Gasteiger partial charge in [0.2, 0.25) is 0 Å². The average Bonchev–Trinajstić information content (AvgIpc) is 3.19. The van der Waals surface area contributed by atoms with Crippen molar-refractivity contribution in [2.24, 2.45) is 0 Å². The van der Waals surface area contributed by atoms with Gasteiger partial charge in [-0.3, -0.25) is 4.79 Å². The van der Waals surface area contributed by atoms with E-state index in [1.54, 1.807) is 12.5 Å². The van der Waals surface area contributed by atoms with E-state index in [1.165, 1.54) is 22.2 Å². The van der Waals surface area contributed by atoms with Crippen LogP contribution in [0.1, 0.15) is 17.4 Å². The van der Waals surface area contributed by atoms with E-state index in [2.05, 4.69) is 40.0 Å². The van der Waals surface area contributed by atoms with Crippen LogP contribution >= 0.6 is 11.3 Å². The normalized spacial score (nSPS) is 11.0. The van der Waals surface area contributed by atoms with Gasteiger partial charge in [-0.2, -0.15) is 0 Å². The number of rotatable bonds is 6. The van der Waals surface area contributed by atoms with Crippen molar-refractivity contribution in [3.05, 3.63) is 41.4 Å². The van der Waals surface area contributed by atoms with Crippen LogP contribution in [-0.2, 0) is 11.3 Å². The number of carbonyl (C=O) groups is 1. The molecule has 6 heteroatoms. The molecule has 1 amide bonds. The summed E-state index contributed by atoms with van der Waals surface area (Å²) in [6, 6.07) is 10.4. The van der Waals surface area contributed by atoms with Gasteiger partial charge in [-0.25, -0.2) is 4.98 Å². The van der Waals surface area contributed by atoms with E-state index in [0.29, 0.717) is 18.8 Å². The van der Waals surface area contributed by atoms with Crippen molar-refractivity contribution in [2.75, 3.05) is 20.3 Å². The van der Waals surface area contributed by atoms with Gasteiger partial charge in [0.05, 0.1) is 12.3 Å². The topological polar surface area (TPSA) is 56.2 Å². The lowest BCUT2D eigenvalue weighted by molar-refractivity contribution is 0.0933. The Morgan fingerprint density at radius 1 is 1.39 bits per heavy atom. The van der Waals surface area contributed by atoms with E-state index in [9.17, 15) is 4.79 Å². The van der Waals surface area contributed by atoms with E-state index in [-0.39, 0.29) is 5.91 Å². The lowest BCUT2D eigenvalue weighted by Crippen LogP contribution is -2.27. The highest BCUT2D eigenvalue weighted by atomic mass is 32.1. The lowest BCUT2D eigenvalue weighted by atomic mass is 10.2. The van der Waals surface area contributed by atoms with E-state index in [1.807, 2.05) is 12.1 Å². The maximum atomic E-state index is 12.1. The first-order chi connectivity index (χ1) is 11.2. The number of nitrogens with one attached hydrogen (secondary N) is 1. The minimum atomic E-state index is -0.163. The van der Waals surface area contributed by atoms with Crippen LogP contribution < -0.4 is 5.32 Å². The third-order valence-corrected chi connectivity index (χ3v) is 4.54. The fraction of sp³-hybridized carbons (Fsp3) is 0.294. The smallest absolute Gasteiger partial charge is 0.270 e. The van der Waals surface area contributed by atoms with Crippen molar-refractivity contribution < 1.29 is 9.53 Å². The highest BCUT2D eigenvalue weighted by molar-refractivity contribution is 7.13. The molecule has 0 fully saturated rings. The van der Waals surface area contributed by atoms with Gasteiger partial charge in [0.1, 0.15) is 10.7 Å². The first-order valence-corrected chi connectivity index (χ1v) is 8.44. The molecule has 0 aliphatic heterocycles. The second kappa shape index (κ2) is 6.93. The van der Waals surface area contributed by atoms with E-state index in [0.717, 1.165) is 17.2 Å². The van der Waals surface area contributed by atoms with Gasteiger partial charge < -0.3 is 14.6 Å². The molecule has 120 valence electrons. The number of amides is 1. The van der Waals surface area contributed by atoms with Crippen molar-refractivity contribution in [3.63, 3.8) is 0 Å². The monoisotopic (exact) mass is 329 g/mol. The number of aromatic nitrogens is 2. The quantitative estimate of drug-likeness (QED) is 0.707. The second-order valence-corrected chi connectivity index (χ2v) is 5.98. The summed E-state index contributed by atoms with van der Waals surface area (Å²) in [5.74, 6) is -0.163. The van der Waals surface area contributed by atoms with Crippen LogP contribution in [0.4, 0.5) is 0 Å². The fourth-order valence-electron chi connectivity index (χ4n) is 2.58. The van der Waals surface area contributed by atoms with Gasteiger partial charge in [0, 0.05) is 36.5 Å². The number of para-hydroxylation sites is 1. The molecule has 0 aliphatic rings. The summed E-state index contributed by atoms with van der Waals surface area (Å²) in [4.78, 5) is 16.6. The third-order valence-electron chi connectivity index (χ3n) is 3.67. The summed E-state index contributed by atoms with van der Waals surface area (Å²) < 4.78 is 7.15. The molecule has 1 aromatic carbocycles. The molecule has 3 rings (SSSR count). The maximum Gasteiger partial charge on any atom is 0.270 e. The number of thiazole rings is 1. The minimum Gasteiger partial charge on any atom is -0.383 e. The molecule has 0 saturated carbocycles. The van der Waals surface area contributed by atoms with Crippen LogP contribution in [0.5, 0.6) is 0 Å². The number of methoxy groups -OCH3 is 1. The van der Waals surface area contributed by atoms with Crippen LogP contribution in [0.25, 0.3) is 21.6 Å². The third kappa shape index (κ3) is 3.13. The number of hydrogen-bond acceptors (Lipinski definition) is 4. The standard InChI is InChI=1S/C17H19N3O2S/c1-3-20-14-7-5-4-6-12(14)10-15(20)17-19-13(11-23-17)16(21)18-8-9-22-2/h4-7,10-11H,3,8-9H2,1-2H3,(H,18,21). The van der Waals surface area contributed by atoms with E-state index in [4.69, 9.17) is 4.74 Å². The van der Waals surface area contributed by atoms with E-state index < -0.39 is 0 Å². The SMILES string of the molecule is CCn1c(-c2nc(C(=O)NCCOC)cs2)cc2ccccc21. The van der Waals surface area contributed by atoms with Crippen LogP contribution in [0.3, 0.4) is 0 Å². The molecule has 0 unspecified atom stereocenters. The molecule has 0 spiro atoms. The molecule has 3 aromatic rings. The van der Waals surface area contributed by atoms with Gasteiger partial charge in [-0.15, -0.1) is 11.3 Å². The highest BCUT2D eigenvalue weighted by Gasteiger charge is 2.15. The van der Waals surface area contributed by atoms with Crippen molar-refractivity contribution in [2.45, 2.75) is 13.5 Å². The number of fused-ring (bicyclic) bond motifs is 1. The minimum absolute atomic E-state index is 0.163. The van der Waals surface area contributed by atoms with Crippen molar-refractivity contribution in [1.29, 1.82) is 0 Å². The zero-order valence-electron chi connectivity index (χ0n) is 13.2. The maximum absolute atomic E-state index is 12.1. The van der Waals surface area contributed by atoms with E-state index >= 15 is 0 Å². The Bertz CT molecular complexity index is 822. The van der Waals surface area contributed by atoms with Crippen molar-refractivity contribution in [1.82, 2.24) is 14.9 Å². The fourth-order valence-corrected chi connectivity index (χ4v) is 3.41. The number of benzene rings is 1. The Kier molecular flexibility index (Phi) is 4.73. The molecule has 2 aromatic heterocycles. The molecule has 0 saturated heterocycles. The Morgan fingerprint density at radius 2 is 2.22 bits per heavy atom. The van der Waals surface area contributed by atoms with Crippen LogP contribution in [0, 0.1) is 0 Å². The largest absolute Gasteiger partial charge is 0.383 e. The number of aryl methyl sites for hydroxylation is 1. The second-order valence-electron chi connectivity index (χ2n) is 5.12. The van der Waals surface area contributed by atoms with Crippen LogP contribution in [-0.4, -0.2) is 35.7 Å². The lowest BCUT2D eigenvalue weighted by Gasteiger charge is -2.05. The summed E-state index contributed by atoms with van der Waals surface area (Å²) in [7, 11) is 1.61. The highest BCUT2D eigenvalue weighted by Crippen LogP contribution is 2.30. The van der Waals surface area contributed by atoms with Crippen molar-refractivity contribution in [3.8, 4) is 10.7 Å². The molecule has 0 atom stereocenters. The molecular formula is C17H19N3O2S. The summed E-state index contributed by atoms with van der Waals surface area (Å²) in [6.45, 7) is 3.95. The number of nitrogens with zero attached hydrogens (tertiary/aromatic N) is 2. The Labute approximate surface area is 138 Å². The Balaban J connectivity index is 1.90. The first-order valence-electron chi connectivity index (χ1n) is 7.56. The summed E-state index contributed by atoms with van der Waals surface area (Å²) in [5.41, 5.74) is 2.69. The van der Waals surface area contributed by atoms with Crippen molar-refractivity contribution >= 4 is 28.1 Å². The molecule has 5 nitrogen and oxygen atoms in total. The first kappa shape index (κ1) is 15.7. The molecule has 1 N–H and O–H groups in total. The zero-order valence-corrected chi connectivity index (χ0v) is 14.0. The molecule has 0 aliphatic carbocycles. The summed E-state index contributed by atoms with van der Waals surface area (Å²) >= 11 is 1.49. The summed E-state index contributed by atoms with van der Waals surface area (Å²) in [5, 5.41) is 6.64. The predicted molar refractivity (Wildman–Crippen MR) is 92.9 cm³/mol. The summed E-state index contributed by atoms with van der Waals surface area (Å²) in [6.07, 6.45) is 0. The number of carbonyl (C=O) groups excluding carboxylic acids is 1. The molecule has 0 bridgehead atoms. The Hall–Kier alpha value is -2.18. The average molecular weight is 329 g/mol. The van der Waals surface area contributed by atoms with Gasteiger partial charge in [0.25, 0.3) is 5.91 Å². The predicted octanol–water partition coefficient (Wildman–Crippen LogP) is 3.16. The molecular weight excluding hydrogens is 310 g/mol. The van der Waals surface area contributed by atoms with Crippen LogP contribution in [0.15, 0.2) is 35.7 Å². The van der Waals surface area contributed by atoms with Gasteiger partial charge >= 0.3 is 0 Å². The number of hydrogen-bond donors (Lipinski definition) is 1. The van der Waals surface area contributed by atoms with Gasteiger partial charge in [-0.1, -0.05) is 18.2 Å².